The number of furan rings is 1. The van der Waals surface area contributed by atoms with Crippen molar-refractivity contribution < 1.29 is 4.42 Å². The molecule has 7 nitrogen and oxygen atoms in total. The van der Waals surface area contributed by atoms with Gasteiger partial charge in [0.2, 0.25) is 5.71 Å². The Hall–Kier alpha value is -7.38. The maximum atomic E-state index is 6.31. The van der Waals surface area contributed by atoms with Gasteiger partial charge in [0.15, 0.2) is 28.9 Å². The molecule has 0 fully saturated rings. The Morgan fingerprint density at radius 2 is 0.868 bits per heavy atom. The molecule has 248 valence electrons. The maximum Gasteiger partial charge on any atom is 0.229 e. The molecule has 7 heteroatoms. The fourth-order valence-corrected chi connectivity index (χ4v) is 6.70. The summed E-state index contributed by atoms with van der Waals surface area (Å²) in [5, 5.41) is 3.12. The minimum atomic E-state index is 0.522. The first kappa shape index (κ1) is 30.4. The molecule has 0 N–H and O–H groups in total. The van der Waals surface area contributed by atoms with E-state index in [1.165, 1.54) is 0 Å². The smallest absolute Gasteiger partial charge is 0.229 e. The van der Waals surface area contributed by atoms with E-state index >= 15 is 0 Å². The summed E-state index contributed by atoms with van der Waals surface area (Å²) >= 11 is 0. The van der Waals surface area contributed by atoms with Crippen molar-refractivity contribution in [3.8, 4) is 67.9 Å². The standard InChI is InChI=1S/C46H28N6O/c1-3-10-29(11-4-1)31-17-22-34(23-18-31)43-50-42(33-13-5-2-6-14-33)51-44(52-43)35-24-20-32(21-25-35)39-41-40(38-16-9-27-47-46(38)53-41)49-45(48-39)37-26-19-30-12-7-8-15-36(30)28-37/h1-28H. The molecule has 0 aliphatic rings. The van der Waals surface area contributed by atoms with Crippen LogP contribution in [0, 0.1) is 0 Å². The van der Waals surface area contributed by atoms with Crippen LogP contribution in [0.1, 0.15) is 0 Å². The van der Waals surface area contributed by atoms with Gasteiger partial charge in [0.1, 0.15) is 11.2 Å². The Labute approximate surface area is 304 Å². The Morgan fingerprint density at radius 1 is 0.358 bits per heavy atom. The van der Waals surface area contributed by atoms with Crippen molar-refractivity contribution in [3.63, 3.8) is 0 Å². The summed E-state index contributed by atoms with van der Waals surface area (Å²) in [6, 6.07) is 55.2. The Balaban J connectivity index is 1.08. The Bertz CT molecular complexity index is 2930. The van der Waals surface area contributed by atoms with Crippen molar-refractivity contribution in [3.05, 3.63) is 170 Å². The van der Waals surface area contributed by atoms with E-state index < -0.39 is 0 Å². The third-order valence-electron chi connectivity index (χ3n) is 9.43. The lowest BCUT2D eigenvalue weighted by Crippen LogP contribution is -2.00. The highest BCUT2D eigenvalue weighted by Gasteiger charge is 2.20. The van der Waals surface area contributed by atoms with Crippen LogP contribution in [0.5, 0.6) is 0 Å². The molecule has 0 spiro atoms. The molecular weight excluding hydrogens is 653 g/mol. The van der Waals surface area contributed by atoms with Crippen LogP contribution in [0.2, 0.25) is 0 Å². The molecule has 4 aromatic heterocycles. The third-order valence-corrected chi connectivity index (χ3v) is 9.43. The van der Waals surface area contributed by atoms with Gasteiger partial charge in [-0.05, 0) is 40.1 Å². The van der Waals surface area contributed by atoms with E-state index in [9.17, 15) is 0 Å². The molecule has 0 saturated carbocycles. The van der Waals surface area contributed by atoms with Gasteiger partial charge in [-0.1, -0.05) is 146 Å². The second-order valence-corrected chi connectivity index (χ2v) is 12.8. The normalized spacial score (nSPS) is 11.4. The largest absolute Gasteiger partial charge is 0.434 e. The van der Waals surface area contributed by atoms with Gasteiger partial charge in [0, 0.05) is 34.0 Å². The molecule has 0 saturated heterocycles. The molecule has 0 amide bonds. The van der Waals surface area contributed by atoms with Gasteiger partial charge < -0.3 is 4.42 Å². The van der Waals surface area contributed by atoms with Crippen molar-refractivity contribution in [2.75, 3.05) is 0 Å². The van der Waals surface area contributed by atoms with E-state index in [0.717, 1.165) is 60.6 Å². The molecule has 0 radical (unpaired) electrons. The summed E-state index contributed by atoms with van der Waals surface area (Å²) < 4.78 is 6.31. The minimum absolute atomic E-state index is 0.522. The number of benzene rings is 6. The zero-order valence-electron chi connectivity index (χ0n) is 28.3. The number of hydrogen-bond acceptors (Lipinski definition) is 7. The highest BCUT2D eigenvalue weighted by Crippen LogP contribution is 2.36. The zero-order chi connectivity index (χ0) is 35.1. The molecule has 0 unspecified atom stereocenters. The first-order chi connectivity index (χ1) is 26.2. The SMILES string of the molecule is c1ccc(-c2ccc(-c3nc(-c4ccccc4)nc(-c4ccc(-c5nc(-c6ccc7ccccc7c6)nc6c5oc5ncccc56)cc4)n3)cc2)cc1. The van der Waals surface area contributed by atoms with Crippen LogP contribution in [0.25, 0.3) is 101 Å². The van der Waals surface area contributed by atoms with Crippen LogP contribution in [-0.2, 0) is 0 Å². The van der Waals surface area contributed by atoms with Gasteiger partial charge in [-0.2, -0.15) is 0 Å². The first-order valence-electron chi connectivity index (χ1n) is 17.4. The minimum Gasteiger partial charge on any atom is -0.434 e. The molecule has 0 aliphatic heterocycles. The van der Waals surface area contributed by atoms with Crippen molar-refractivity contribution in [2.45, 2.75) is 0 Å². The van der Waals surface area contributed by atoms with Crippen LogP contribution in [0.3, 0.4) is 0 Å². The van der Waals surface area contributed by atoms with E-state index in [2.05, 4.69) is 71.7 Å². The summed E-state index contributed by atoms with van der Waals surface area (Å²) in [6.07, 6.45) is 1.72. The van der Waals surface area contributed by atoms with E-state index in [1.807, 2.05) is 97.1 Å². The zero-order valence-corrected chi connectivity index (χ0v) is 28.3. The van der Waals surface area contributed by atoms with Gasteiger partial charge in [-0.3, -0.25) is 0 Å². The van der Waals surface area contributed by atoms with Gasteiger partial charge in [0.05, 0.1) is 5.39 Å². The fourth-order valence-electron chi connectivity index (χ4n) is 6.70. The second-order valence-electron chi connectivity index (χ2n) is 12.8. The lowest BCUT2D eigenvalue weighted by molar-refractivity contribution is 0.652. The summed E-state index contributed by atoms with van der Waals surface area (Å²) in [4.78, 5) is 29.5. The van der Waals surface area contributed by atoms with E-state index in [-0.39, 0.29) is 0 Å². The number of aromatic nitrogens is 6. The topological polar surface area (TPSA) is 90.5 Å². The number of pyridine rings is 1. The van der Waals surface area contributed by atoms with E-state index in [0.29, 0.717) is 40.3 Å². The van der Waals surface area contributed by atoms with Crippen LogP contribution in [0.15, 0.2) is 174 Å². The van der Waals surface area contributed by atoms with Crippen LogP contribution >= 0.6 is 0 Å². The van der Waals surface area contributed by atoms with Crippen molar-refractivity contribution in [1.29, 1.82) is 0 Å². The predicted molar refractivity (Wildman–Crippen MR) is 211 cm³/mol. The maximum absolute atomic E-state index is 6.31. The summed E-state index contributed by atoms with van der Waals surface area (Å²) in [6.45, 7) is 0. The summed E-state index contributed by atoms with van der Waals surface area (Å²) in [5.41, 5.74) is 9.26. The number of nitrogens with zero attached hydrogens (tertiary/aromatic N) is 6. The van der Waals surface area contributed by atoms with Crippen molar-refractivity contribution >= 4 is 33.0 Å². The van der Waals surface area contributed by atoms with Gasteiger partial charge >= 0.3 is 0 Å². The highest BCUT2D eigenvalue weighted by molar-refractivity contribution is 6.06. The van der Waals surface area contributed by atoms with Gasteiger partial charge in [-0.25, -0.2) is 29.9 Å². The van der Waals surface area contributed by atoms with Crippen LogP contribution in [0.4, 0.5) is 0 Å². The van der Waals surface area contributed by atoms with Crippen LogP contribution in [-0.4, -0.2) is 29.9 Å². The molecule has 0 bridgehead atoms. The van der Waals surface area contributed by atoms with Gasteiger partial charge in [-0.15, -0.1) is 0 Å². The van der Waals surface area contributed by atoms with Crippen molar-refractivity contribution in [1.82, 2.24) is 29.9 Å². The van der Waals surface area contributed by atoms with Gasteiger partial charge in [0.25, 0.3) is 0 Å². The molecular formula is C46H28N6O. The number of fused-ring (bicyclic) bond motifs is 4. The first-order valence-corrected chi connectivity index (χ1v) is 17.4. The lowest BCUT2D eigenvalue weighted by Gasteiger charge is -2.10. The highest BCUT2D eigenvalue weighted by atomic mass is 16.3. The molecule has 10 aromatic rings. The summed E-state index contributed by atoms with van der Waals surface area (Å²) in [5.74, 6) is 2.39. The molecule has 0 aliphatic carbocycles. The third kappa shape index (κ3) is 5.66. The number of hydrogen-bond donors (Lipinski definition) is 0. The average Bonchev–Trinajstić information content (AvgIpc) is 3.62. The molecule has 53 heavy (non-hydrogen) atoms. The molecule has 0 atom stereocenters. The van der Waals surface area contributed by atoms with Crippen molar-refractivity contribution in [2.24, 2.45) is 0 Å². The fraction of sp³-hybridized carbons (Fsp3) is 0. The number of rotatable bonds is 6. The monoisotopic (exact) mass is 680 g/mol. The van der Waals surface area contributed by atoms with E-state index in [1.54, 1.807) is 6.20 Å². The van der Waals surface area contributed by atoms with E-state index in [4.69, 9.17) is 29.3 Å². The summed E-state index contributed by atoms with van der Waals surface area (Å²) in [7, 11) is 0. The Kier molecular flexibility index (Phi) is 7.32. The molecule has 10 rings (SSSR count). The predicted octanol–water partition coefficient (Wildman–Crippen LogP) is 11.1. The average molecular weight is 681 g/mol. The molecule has 6 aromatic carbocycles. The van der Waals surface area contributed by atoms with Crippen LogP contribution < -0.4 is 0 Å². The Morgan fingerprint density at radius 3 is 1.55 bits per heavy atom. The quantitative estimate of drug-likeness (QED) is 0.173. The second kappa shape index (κ2) is 12.7. The lowest BCUT2D eigenvalue weighted by atomic mass is 10.0. The molecule has 4 heterocycles.